The summed E-state index contributed by atoms with van der Waals surface area (Å²) in [5.74, 6) is 0. The SMILES string of the molecule is CN(C1CCCCC1)S(=O)(=O)N1CCCCO1. The first-order chi connectivity index (χ1) is 8.12. The summed E-state index contributed by atoms with van der Waals surface area (Å²) in [5.41, 5.74) is 0. The molecule has 1 saturated carbocycles. The van der Waals surface area contributed by atoms with Crippen LogP contribution in [0, 0.1) is 0 Å². The molecule has 0 unspecified atom stereocenters. The normalized spacial score (nSPS) is 25.3. The van der Waals surface area contributed by atoms with E-state index in [9.17, 15) is 8.42 Å². The van der Waals surface area contributed by atoms with Crippen molar-refractivity contribution in [3.8, 4) is 0 Å². The zero-order chi connectivity index (χ0) is 12.3. The third-order valence-electron chi connectivity index (χ3n) is 3.68. The van der Waals surface area contributed by atoms with Gasteiger partial charge in [0.2, 0.25) is 0 Å². The molecular formula is C11H22N2O3S. The van der Waals surface area contributed by atoms with Crippen LogP contribution >= 0.6 is 0 Å². The van der Waals surface area contributed by atoms with Crippen molar-refractivity contribution in [2.24, 2.45) is 0 Å². The molecule has 100 valence electrons. The molecule has 1 saturated heterocycles. The summed E-state index contributed by atoms with van der Waals surface area (Å²) in [7, 11) is -1.73. The Morgan fingerprint density at radius 2 is 1.82 bits per heavy atom. The van der Waals surface area contributed by atoms with Gasteiger partial charge in [-0.05, 0) is 25.7 Å². The Morgan fingerprint density at radius 1 is 1.12 bits per heavy atom. The van der Waals surface area contributed by atoms with E-state index in [4.69, 9.17) is 4.84 Å². The first-order valence-corrected chi connectivity index (χ1v) is 7.90. The monoisotopic (exact) mass is 262 g/mol. The van der Waals surface area contributed by atoms with E-state index in [1.807, 2.05) is 0 Å². The van der Waals surface area contributed by atoms with Gasteiger partial charge in [0, 0.05) is 19.6 Å². The first-order valence-electron chi connectivity index (χ1n) is 6.51. The van der Waals surface area contributed by atoms with Gasteiger partial charge in [0.15, 0.2) is 0 Å². The number of nitrogens with zero attached hydrogens (tertiary/aromatic N) is 2. The number of hydroxylamine groups is 1. The van der Waals surface area contributed by atoms with Crippen LogP contribution < -0.4 is 0 Å². The largest absolute Gasteiger partial charge is 0.304 e. The number of hydrogen-bond donors (Lipinski definition) is 0. The molecule has 1 heterocycles. The fourth-order valence-electron chi connectivity index (χ4n) is 2.53. The molecule has 2 rings (SSSR count). The molecule has 0 radical (unpaired) electrons. The van der Waals surface area contributed by atoms with Gasteiger partial charge >= 0.3 is 10.2 Å². The van der Waals surface area contributed by atoms with Gasteiger partial charge in [-0.3, -0.25) is 4.84 Å². The second-order valence-corrected chi connectivity index (χ2v) is 6.76. The van der Waals surface area contributed by atoms with E-state index < -0.39 is 10.2 Å². The smallest absolute Gasteiger partial charge is 0.283 e. The summed E-state index contributed by atoms with van der Waals surface area (Å²) in [6.45, 7) is 0.997. The number of rotatable bonds is 3. The topological polar surface area (TPSA) is 49.9 Å². The van der Waals surface area contributed by atoms with Gasteiger partial charge in [0.25, 0.3) is 0 Å². The maximum absolute atomic E-state index is 12.3. The van der Waals surface area contributed by atoms with Crippen molar-refractivity contribution in [3.63, 3.8) is 0 Å². The first kappa shape index (κ1) is 13.3. The van der Waals surface area contributed by atoms with Crippen LogP contribution in [0.3, 0.4) is 0 Å². The van der Waals surface area contributed by atoms with Crippen molar-refractivity contribution in [3.05, 3.63) is 0 Å². The minimum absolute atomic E-state index is 0.152. The minimum atomic E-state index is -3.42. The third kappa shape index (κ3) is 2.99. The predicted octanol–water partition coefficient (Wildman–Crippen LogP) is 1.52. The van der Waals surface area contributed by atoms with E-state index in [0.29, 0.717) is 13.2 Å². The highest BCUT2D eigenvalue weighted by Crippen LogP contribution is 2.25. The van der Waals surface area contributed by atoms with E-state index in [0.717, 1.165) is 38.5 Å². The third-order valence-corrected chi connectivity index (χ3v) is 5.51. The van der Waals surface area contributed by atoms with Gasteiger partial charge in [-0.2, -0.15) is 12.7 Å². The molecule has 0 N–H and O–H groups in total. The Morgan fingerprint density at radius 3 is 2.41 bits per heavy atom. The Kier molecular flexibility index (Phi) is 4.41. The van der Waals surface area contributed by atoms with Crippen LogP contribution in [-0.2, 0) is 15.0 Å². The van der Waals surface area contributed by atoms with E-state index in [1.165, 1.54) is 15.2 Å². The zero-order valence-corrected chi connectivity index (χ0v) is 11.3. The van der Waals surface area contributed by atoms with Crippen LogP contribution in [0.1, 0.15) is 44.9 Å². The van der Waals surface area contributed by atoms with Crippen molar-refractivity contribution in [2.45, 2.75) is 51.0 Å². The van der Waals surface area contributed by atoms with Gasteiger partial charge in [-0.15, -0.1) is 0 Å². The van der Waals surface area contributed by atoms with Crippen molar-refractivity contribution in [1.82, 2.24) is 8.77 Å². The quantitative estimate of drug-likeness (QED) is 0.775. The van der Waals surface area contributed by atoms with Crippen molar-refractivity contribution >= 4 is 10.2 Å². The average Bonchev–Trinajstić information content (AvgIpc) is 2.40. The van der Waals surface area contributed by atoms with E-state index in [2.05, 4.69) is 0 Å². The van der Waals surface area contributed by atoms with Crippen LogP contribution in [0.5, 0.6) is 0 Å². The maximum atomic E-state index is 12.3. The molecule has 0 atom stereocenters. The molecule has 2 aliphatic rings. The minimum Gasteiger partial charge on any atom is -0.283 e. The molecule has 0 aromatic carbocycles. The summed E-state index contributed by atoms with van der Waals surface area (Å²) in [6.07, 6.45) is 7.27. The standard InChI is InChI=1S/C11H22N2O3S/c1-12(11-7-3-2-4-8-11)17(14,15)13-9-5-6-10-16-13/h11H,2-10H2,1H3. The van der Waals surface area contributed by atoms with E-state index in [-0.39, 0.29) is 6.04 Å². The Bertz CT molecular complexity index is 333. The lowest BCUT2D eigenvalue weighted by molar-refractivity contribution is -0.113. The number of hydrogen-bond acceptors (Lipinski definition) is 3. The Balaban J connectivity index is 2.02. The van der Waals surface area contributed by atoms with Gasteiger partial charge in [0.05, 0.1) is 6.61 Å². The van der Waals surface area contributed by atoms with Crippen molar-refractivity contribution < 1.29 is 13.3 Å². The molecular weight excluding hydrogens is 240 g/mol. The van der Waals surface area contributed by atoms with Crippen LogP contribution in [-0.4, -0.2) is 43.4 Å². The molecule has 1 aliphatic heterocycles. The predicted molar refractivity (Wildman–Crippen MR) is 65.4 cm³/mol. The van der Waals surface area contributed by atoms with Crippen LogP contribution in [0.4, 0.5) is 0 Å². The van der Waals surface area contributed by atoms with Crippen LogP contribution in [0.2, 0.25) is 0 Å². The maximum Gasteiger partial charge on any atom is 0.304 e. The highest BCUT2D eigenvalue weighted by molar-refractivity contribution is 7.86. The van der Waals surface area contributed by atoms with Gasteiger partial charge < -0.3 is 0 Å². The van der Waals surface area contributed by atoms with Crippen molar-refractivity contribution in [2.75, 3.05) is 20.2 Å². The molecule has 0 bridgehead atoms. The molecule has 2 fully saturated rings. The Labute approximate surface area is 104 Å². The average molecular weight is 262 g/mol. The van der Waals surface area contributed by atoms with Crippen molar-refractivity contribution in [1.29, 1.82) is 0 Å². The highest BCUT2D eigenvalue weighted by atomic mass is 32.2. The Hall–Kier alpha value is -0.170. The second-order valence-electron chi connectivity index (χ2n) is 4.88. The molecule has 0 aromatic rings. The fourth-order valence-corrected chi connectivity index (χ4v) is 3.97. The van der Waals surface area contributed by atoms with Gasteiger partial charge in [0.1, 0.15) is 0 Å². The lowest BCUT2D eigenvalue weighted by Gasteiger charge is -2.35. The lowest BCUT2D eigenvalue weighted by atomic mass is 9.96. The van der Waals surface area contributed by atoms with E-state index in [1.54, 1.807) is 7.05 Å². The van der Waals surface area contributed by atoms with Gasteiger partial charge in [-0.25, -0.2) is 0 Å². The van der Waals surface area contributed by atoms with Crippen LogP contribution in [0.25, 0.3) is 0 Å². The van der Waals surface area contributed by atoms with Crippen LogP contribution in [0.15, 0.2) is 0 Å². The molecule has 5 nitrogen and oxygen atoms in total. The summed E-state index contributed by atoms with van der Waals surface area (Å²) < 4.78 is 27.3. The fraction of sp³-hybridized carbons (Fsp3) is 1.00. The molecule has 6 heteroatoms. The van der Waals surface area contributed by atoms with Gasteiger partial charge in [-0.1, -0.05) is 23.7 Å². The molecule has 17 heavy (non-hydrogen) atoms. The zero-order valence-electron chi connectivity index (χ0n) is 10.5. The second kappa shape index (κ2) is 5.65. The molecule has 0 aromatic heterocycles. The van der Waals surface area contributed by atoms with E-state index >= 15 is 0 Å². The molecule has 0 spiro atoms. The summed E-state index contributed by atoms with van der Waals surface area (Å²) in [6, 6.07) is 0.152. The highest BCUT2D eigenvalue weighted by Gasteiger charge is 2.34. The molecule has 1 aliphatic carbocycles. The molecule has 0 amide bonds. The summed E-state index contributed by atoms with van der Waals surface area (Å²) >= 11 is 0. The summed E-state index contributed by atoms with van der Waals surface area (Å²) in [5, 5.41) is 0. The summed E-state index contributed by atoms with van der Waals surface area (Å²) in [4.78, 5) is 5.26. The lowest BCUT2D eigenvalue weighted by Crippen LogP contribution is -2.48.